The minimum atomic E-state index is -0.0664. The van der Waals surface area contributed by atoms with Crippen LogP contribution < -0.4 is 5.32 Å². The van der Waals surface area contributed by atoms with Gasteiger partial charge in [0, 0.05) is 25.6 Å². The molecule has 0 radical (unpaired) electrons. The van der Waals surface area contributed by atoms with Crippen molar-refractivity contribution in [2.75, 3.05) is 33.8 Å². The maximum Gasteiger partial charge on any atom is 0.228 e. The summed E-state index contributed by atoms with van der Waals surface area (Å²) in [7, 11) is 4.04. The molecule has 0 aliphatic carbocycles. The molecule has 2 heterocycles. The fourth-order valence-corrected chi connectivity index (χ4v) is 2.28. The average molecular weight is 268 g/mol. The molecule has 6 nitrogen and oxygen atoms in total. The highest BCUT2D eigenvalue weighted by Gasteiger charge is 2.25. The molecule has 0 spiro atoms. The van der Waals surface area contributed by atoms with Gasteiger partial charge < -0.3 is 19.5 Å². The molecule has 0 saturated carbocycles. The number of nitrogens with one attached hydrogen (secondary N) is 1. The second-order valence-electron chi connectivity index (χ2n) is 5.51. The molecule has 0 aromatic carbocycles. The Morgan fingerprint density at radius 3 is 2.89 bits per heavy atom. The van der Waals surface area contributed by atoms with Crippen molar-refractivity contribution in [1.82, 2.24) is 20.4 Å². The monoisotopic (exact) mass is 268 g/mol. The Kier molecular flexibility index (Phi) is 4.90. The smallest absolute Gasteiger partial charge is 0.228 e. The topological polar surface area (TPSA) is 63.4 Å². The SMILES string of the molecule is CNC(Cc1nc(C2CN(C)CCO2)no1)C(C)C. The normalized spacial score (nSPS) is 22.9. The Hall–Kier alpha value is -0.980. The Bertz CT molecular complexity index is 394. The van der Waals surface area contributed by atoms with Crippen LogP contribution in [-0.4, -0.2) is 54.9 Å². The third kappa shape index (κ3) is 3.75. The average Bonchev–Trinajstić information content (AvgIpc) is 2.84. The van der Waals surface area contributed by atoms with Gasteiger partial charge in [-0.2, -0.15) is 4.98 Å². The van der Waals surface area contributed by atoms with E-state index in [0.29, 0.717) is 23.7 Å². The third-order valence-electron chi connectivity index (χ3n) is 3.61. The number of nitrogens with zero attached hydrogens (tertiary/aromatic N) is 3. The van der Waals surface area contributed by atoms with Crippen LogP contribution in [0.1, 0.15) is 31.7 Å². The molecule has 0 bridgehead atoms. The molecule has 1 N–H and O–H groups in total. The van der Waals surface area contributed by atoms with Crippen LogP contribution in [0.3, 0.4) is 0 Å². The zero-order chi connectivity index (χ0) is 13.8. The molecule has 1 aliphatic rings. The van der Waals surface area contributed by atoms with Crippen LogP contribution >= 0.6 is 0 Å². The number of morpholine rings is 1. The van der Waals surface area contributed by atoms with Crippen LogP contribution in [0.15, 0.2) is 4.52 Å². The summed E-state index contributed by atoms with van der Waals surface area (Å²) >= 11 is 0. The van der Waals surface area contributed by atoms with Gasteiger partial charge in [-0.05, 0) is 20.0 Å². The molecule has 2 rings (SSSR count). The minimum absolute atomic E-state index is 0.0664. The van der Waals surface area contributed by atoms with Crippen molar-refractivity contribution >= 4 is 0 Å². The molecule has 1 aromatic heterocycles. The van der Waals surface area contributed by atoms with Gasteiger partial charge in [0.25, 0.3) is 0 Å². The van der Waals surface area contributed by atoms with Gasteiger partial charge in [0.15, 0.2) is 0 Å². The summed E-state index contributed by atoms with van der Waals surface area (Å²) < 4.78 is 11.0. The summed E-state index contributed by atoms with van der Waals surface area (Å²) in [6.45, 7) is 6.85. The van der Waals surface area contributed by atoms with E-state index in [1.165, 1.54) is 0 Å². The molecular formula is C13H24N4O2. The molecule has 6 heteroatoms. The second-order valence-corrected chi connectivity index (χ2v) is 5.51. The van der Waals surface area contributed by atoms with Gasteiger partial charge in [0.1, 0.15) is 6.10 Å². The van der Waals surface area contributed by atoms with Gasteiger partial charge in [-0.15, -0.1) is 0 Å². The van der Waals surface area contributed by atoms with Gasteiger partial charge >= 0.3 is 0 Å². The van der Waals surface area contributed by atoms with E-state index >= 15 is 0 Å². The van der Waals surface area contributed by atoms with E-state index < -0.39 is 0 Å². The highest BCUT2D eigenvalue weighted by molar-refractivity contribution is 4.95. The maximum atomic E-state index is 5.68. The van der Waals surface area contributed by atoms with Crippen molar-refractivity contribution < 1.29 is 9.26 Å². The van der Waals surface area contributed by atoms with E-state index in [4.69, 9.17) is 9.26 Å². The van der Waals surface area contributed by atoms with Crippen molar-refractivity contribution in [2.24, 2.45) is 5.92 Å². The first-order valence-electron chi connectivity index (χ1n) is 6.90. The fraction of sp³-hybridized carbons (Fsp3) is 0.846. The summed E-state index contributed by atoms with van der Waals surface area (Å²) in [5, 5.41) is 7.33. The third-order valence-corrected chi connectivity index (χ3v) is 3.61. The second kappa shape index (κ2) is 6.45. The van der Waals surface area contributed by atoms with Crippen molar-refractivity contribution in [3.8, 4) is 0 Å². The quantitative estimate of drug-likeness (QED) is 0.854. The number of hydrogen-bond acceptors (Lipinski definition) is 6. The zero-order valence-corrected chi connectivity index (χ0v) is 12.2. The molecule has 1 aliphatic heterocycles. The van der Waals surface area contributed by atoms with Gasteiger partial charge in [0.05, 0.1) is 6.61 Å². The Morgan fingerprint density at radius 1 is 1.47 bits per heavy atom. The largest absolute Gasteiger partial charge is 0.367 e. The lowest BCUT2D eigenvalue weighted by Gasteiger charge is -2.27. The molecule has 19 heavy (non-hydrogen) atoms. The lowest BCUT2D eigenvalue weighted by molar-refractivity contribution is -0.0264. The fourth-order valence-electron chi connectivity index (χ4n) is 2.28. The lowest BCUT2D eigenvalue weighted by atomic mass is 10.0. The number of hydrogen-bond donors (Lipinski definition) is 1. The summed E-state index contributed by atoms with van der Waals surface area (Å²) in [6.07, 6.45) is 0.687. The molecule has 1 fully saturated rings. The van der Waals surface area contributed by atoms with Gasteiger partial charge in [-0.3, -0.25) is 0 Å². The molecule has 1 aromatic rings. The van der Waals surface area contributed by atoms with Crippen LogP contribution in [-0.2, 0) is 11.2 Å². The highest BCUT2D eigenvalue weighted by atomic mass is 16.5. The van der Waals surface area contributed by atoms with E-state index in [-0.39, 0.29) is 6.10 Å². The number of rotatable bonds is 5. The first kappa shape index (κ1) is 14.4. The predicted octanol–water partition coefficient (Wildman–Crippen LogP) is 0.859. The van der Waals surface area contributed by atoms with E-state index in [1.54, 1.807) is 0 Å². The van der Waals surface area contributed by atoms with Crippen molar-refractivity contribution in [3.63, 3.8) is 0 Å². The first-order valence-corrected chi connectivity index (χ1v) is 6.90. The van der Waals surface area contributed by atoms with Gasteiger partial charge in [-0.25, -0.2) is 0 Å². The Labute approximate surface area is 114 Å². The van der Waals surface area contributed by atoms with Gasteiger partial charge in [-0.1, -0.05) is 19.0 Å². The van der Waals surface area contributed by atoms with Gasteiger partial charge in [0.2, 0.25) is 11.7 Å². The Balaban J connectivity index is 1.98. The van der Waals surface area contributed by atoms with Crippen molar-refractivity contribution in [3.05, 3.63) is 11.7 Å². The number of aromatic nitrogens is 2. The van der Waals surface area contributed by atoms with E-state index in [9.17, 15) is 0 Å². The Morgan fingerprint density at radius 2 is 2.26 bits per heavy atom. The van der Waals surface area contributed by atoms with E-state index in [0.717, 1.165) is 26.1 Å². The zero-order valence-electron chi connectivity index (χ0n) is 12.2. The van der Waals surface area contributed by atoms with Crippen LogP contribution in [0.5, 0.6) is 0 Å². The standard InChI is InChI=1S/C13H24N4O2/c1-9(2)10(14-3)7-12-15-13(16-19-12)11-8-17(4)5-6-18-11/h9-11,14H,5-8H2,1-4H3. The summed E-state index contributed by atoms with van der Waals surface area (Å²) in [5.74, 6) is 1.87. The molecular weight excluding hydrogens is 244 g/mol. The summed E-state index contributed by atoms with van der Waals surface area (Å²) in [4.78, 5) is 6.69. The minimum Gasteiger partial charge on any atom is -0.367 e. The van der Waals surface area contributed by atoms with E-state index in [1.807, 2.05) is 7.05 Å². The molecule has 108 valence electrons. The summed E-state index contributed by atoms with van der Waals surface area (Å²) in [6, 6.07) is 0.350. The van der Waals surface area contributed by atoms with Crippen LogP contribution in [0.4, 0.5) is 0 Å². The predicted molar refractivity (Wildman–Crippen MR) is 71.9 cm³/mol. The molecule has 1 saturated heterocycles. The molecule has 2 atom stereocenters. The highest BCUT2D eigenvalue weighted by Crippen LogP contribution is 2.19. The van der Waals surface area contributed by atoms with Crippen LogP contribution in [0, 0.1) is 5.92 Å². The molecule has 2 unspecified atom stereocenters. The van der Waals surface area contributed by atoms with E-state index in [2.05, 4.69) is 41.3 Å². The van der Waals surface area contributed by atoms with Crippen LogP contribution in [0.2, 0.25) is 0 Å². The molecule has 0 amide bonds. The maximum absolute atomic E-state index is 5.68. The van der Waals surface area contributed by atoms with Crippen molar-refractivity contribution in [1.29, 1.82) is 0 Å². The summed E-state index contributed by atoms with van der Waals surface area (Å²) in [5.41, 5.74) is 0. The first-order chi connectivity index (χ1) is 9.10. The number of ether oxygens (including phenoxy) is 1. The lowest BCUT2D eigenvalue weighted by Crippen LogP contribution is -2.35. The number of likely N-dealkylation sites (N-methyl/N-ethyl adjacent to an activating group) is 2. The van der Waals surface area contributed by atoms with Crippen LogP contribution in [0.25, 0.3) is 0 Å². The van der Waals surface area contributed by atoms with Crippen molar-refractivity contribution in [2.45, 2.75) is 32.4 Å².